The Labute approximate surface area is 178 Å². The van der Waals surface area contributed by atoms with Gasteiger partial charge in [-0.25, -0.2) is 4.98 Å². The number of nitro groups is 1. The lowest BCUT2D eigenvalue weighted by Gasteiger charge is -2.23. The molecule has 0 fully saturated rings. The molecule has 0 aliphatic carbocycles. The van der Waals surface area contributed by atoms with E-state index in [2.05, 4.69) is 23.7 Å². The molecule has 0 saturated heterocycles. The van der Waals surface area contributed by atoms with E-state index in [9.17, 15) is 14.9 Å². The average Bonchev–Trinajstić information content (AvgIpc) is 3.38. The molecule has 0 aliphatic rings. The third-order valence-electron chi connectivity index (χ3n) is 4.65. The van der Waals surface area contributed by atoms with Gasteiger partial charge in [-0.2, -0.15) is 0 Å². The van der Waals surface area contributed by atoms with Crippen LogP contribution in [-0.4, -0.2) is 53.5 Å². The molecule has 10 heteroatoms. The van der Waals surface area contributed by atoms with Crippen LogP contribution in [0.3, 0.4) is 0 Å². The molecule has 2 aromatic heterocycles. The van der Waals surface area contributed by atoms with Crippen LogP contribution in [-0.2, 0) is 0 Å². The number of likely N-dealkylation sites (N-methyl/N-ethyl adjacent to an activating group) is 1. The van der Waals surface area contributed by atoms with Crippen LogP contribution in [0.4, 0.5) is 11.0 Å². The number of anilines is 1. The Morgan fingerprint density at radius 3 is 2.60 bits per heavy atom. The molecule has 0 N–H and O–H groups in total. The Morgan fingerprint density at radius 1 is 1.20 bits per heavy atom. The molecule has 1 amide bonds. The summed E-state index contributed by atoms with van der Waals surface area (Å²) < 4.78 is 11.6. The number of furan rings is 1. The molecule has 160 valence electrons. The van der Waals surface area contributed by atoms with E-state index in [1.165, 1.54) is 28.4 Å². The van der Waals surface area contributed by atoms with E-state index in [-0.39, 0.29) is 5.76 Å². The van der Waals surface area contributed by atoms with Gasteiger partial charge in [0.15, 0.2) is 10.9 Å². The van der Waals surface area contributed by atoms with Crippen molar-refractivity contribution in [3.05, 3.63) is 46.2 Å². The number of benzene rings is 1. The number of aromatic nitrogens is 1. The average molecular weight is 433 g/mol. The highest BCUT2D eigenvalue weighted by Gasteiger charge is 2.26. The first kappa shape index (κ1) is 21.7. The normalized spacial score (nSPS) is 11.2. The fraction of sp³-hybridized carbons (Fsp3) is 0.400. The zero-order valence-corrected chi connectivity index (χ0v) is 18.0. The molecule has 0 unspecified atom stereocenters. The van der Waals surface area contributed by atoms with Crippen molar-refractivity contribution in [2.24, 2.45) is 0 Å². The molecule has 3 aromatic rings. The summed E-state index contributed by atoms with van der Waals surface area (Å²) in [4.78, 5) is 31.7. The Kier molecular flexibility index (Phi) is 7.01. The van der Waals surface area contributed by atoms with Gasteiger partial charge in [-0.1, -0.05) is 25.2 Å². The number of hydrogen-bond acceptors (Lipinski definition) is 8. The lowest BCUT2D eigenvalue weighted by molar-refractivity contribution is -0.402. The number of hydrogen-bond donors (Lipinski definition) is 0. The lowest BCUT2D eigenvalue weighted by Crippen LogP contribution is -2.38. The van der Waals surface area contributed by atoms with Gasteiger partial charge in [0, 0.05) is 13.1 Å². The second kappa shape index (κ2) is 9.68. The minimum atomic E-state index is -0.663. The fourth-order valence-corrected chi connectivity index (χ4v) is 4.02. The highest BCUT2D eigenvalue weighted by molar-refractivity contribution is 7.22. The van der Waals surface area contributed by atoms with Gasteiger partial charge in [0.1, 0.15) is 10.7 Å². The molecule has 2 heterocycles. The molecule has 9 nitrogen and oxygen atoms in total. The second-order valence-electron chi connectivity index (χ2n) is 6.44. The van der Waals surface area contributed by atoms with E-state index in [4.69, 9.17) is 9.15 Å². The van der Waals surface area contributed by atoms with Crippen molar-refractivity contribution < 1.29 is 18.9 Å². The molecule has 0 bridgehead atoms. The van der Waals surface area contributed by atoms with E-state index >= 15 is 0 Å². The highest BCUT2D eigenvalue weighted by atomic mass is 32.1. The molecule has 30 heavy (non-hydrogen) atoms. The van der Waals surface area contributed by atoms with Crippen molar-refractivity contribution in [1.29, 1.82) is 0 Å². The summed E-state index contributed by atoms with van der Waals surface area (Å²) in [5.74, 6) is -0.273. The van der Waals surface area contributed by atoms with Gasteiger partial charge in [0.25, 0.3) is 5.91 Å². The first-order chi connectivity index (χ1) is 14.5. The molecule has 0 radical (unpaired) electrons. The number of fused-ring (bicyclic) bond motifs is 1. The number of ether oxygens (including phenoxy) is 1. The zero-order chi connectivity index (χ0) is 21.7. The van der Waals surface area contributed by atoms with Crippen molar-refractivity contribution >= 4 is 38.5 Å². The van der Waals surface area contributed by atoms with Crippen LogP contribution in [0.25, 0.3) is 10.2 Å². The van der Waals surface area contributed by atoms with Crippen LogP contribution >= 0.6 is 11.3 Å². The van der Waals surface area contributed by atoms with E-state index in [0.29, 0.717) is 24.8 Å². The monoisotopic (exact) mass is 432 g/mol. The number of nitrogens with zero attached hydrogens (tertiary/aromatic N) is 4. The third kappa shape index (κ3) is 4.77. The topological polar surface area (TPSA) is 102 Å². The smallest absolute Gasteiger partial charge is 0.433 e. The number of amides is 1. The summed E-state index contributed by atoms with van der Waals surface area (Å²) in [6.07, 6.45) is 0. The van der Waals surface area contributed by atoms with E-state index in [1.807, 2.05) is 25.1 Å². The van der Waals surface area contributed by atoms with Crippen molar-refractivity contribution in [3.8, 4) is 5.75 Å². The Bertz CT molecular complexity index is 1030. The number of thiazole rings is 1. The van der Waals surface area contributed by atoms with Crippen LogP contribution < -0.4 is 9.64 Å². The highest BCUT2D eigenvalue weighted by Crippen LogP contribution is 2.32. The SMILES string of the molecule is CCOc1ccc2nc(N(CCN(CC)CC)C(=O)c3ccc([N+](=O)[O-])o3)sc2c1. The molecular weight excluding hydrogens is 408 g/mol. The third-order valence-corrected chi connectivity index (χ3v) is 5.69. The van der Waals surface area contributed by atoms with Gasteiger partial charge in [-0.3, -0.25) is 19.8 Å². The number of rotatable bonds is 10. The largest absolute Gasteiger partial charge is 0.494 e. The molecule has 0 saturated carbocycles. The van der Waals surface area contributed by atoms with Gasteiger partial charge in [-0.05, 0) is 44.3 Å². The Morgan fingerprint density at radius 2 is 1.97 bits per heavy atom. The predicted molar refractivity (Wildman–Crippen MR) is 116 cm³/mol. The van der Waals surface area contributed by atoms with Gasteiger partial charge in [0.05, 0.1) is 22.9 Å². The maximum atomic E-state index is 13.1. The van der Waals surface area contributed by atoms with Crippen molar-refractivity contribution in [1.82, 2.24) is 9.88 Å². The van der Waals surface area contributed by atoms with E-state index in [0.717, 1.165) is 29.1 Å². The summed E-state index contributed by atoms with van der Waals surface area (Å²) in [5.41, 5.74) is 0.754. The maximum absolute atomic E-state index is 13.1. The molecule has 0 spiro atoms. The first-order valence-electron chi connectivity index (χ1n) is 9.78. The van der Waals surface area contributed by atoms with Crippen molar-refractivity contribution in [3.63, 3.8) is 0 Å². The van der Waals surface area contributed by atoms with Crippen LogP contribution in [0.1, 0.15) is 31.3 Å². The summed E-state index contributed by atoms with van der Waals surface area (Å²) in [5, 5.41) is 11.4. The summed E-state index contributed by atoms with van der Waals surface area (Å²) >= 11 is 1.37. The van der Waals surface area contributed by atoms with Crippen LogP contribution in [0.5, 0.6) is 5.75 Å². The Hall–Kier alpha value is -2.98. The van der Waals surface area contributed by atoms with Crippen molar-refractivity contribution in [2.45, 2.75) is 20.8 Å². The van der Waals surface area contributed by atoms with Gasteiger partial charge >= 0.3 is 5.88 Å². The van der Waals surface area contributed by atoms with E-state index < -0.39 is 16.7 Å². The first-order valence-corrected chi connectivity index (χ1v) is 10.6. The van der Waals surface area contributed by atoms with Crippen LogP contribution in [0, 0.1) is 10.1 Å². The van der Waals surface area contributed by atoms with Crippen LogP contribution in [0.2, 0.25) is 0 Å². The maximum Gasteiger partial charge on any atom is 0.433 e. The summed E-state index contributed by atoms with van der Waals surface area (Å²) in [6, 6.07) is 8.09. The second-order valence-corrected chi connectivity index (χ2v) is 7.45. The summed E-state index contributed by atoms with van der Waals surface area (Å²) in [7, 11) is 0. The molecule has 0 aliphatic heterocycles. The molecule has 1 aromatic carbocycles. The minimum absolute atomic E-state index is 0.0875. The standard InChI is InChI=1S/C20H24N4O5S/c1-4-22(5-2)11-12-23(19(25)16-9-10-18(29-16)24(26)27)20-21-15-8-7-14(28-6-3)13-17(15)30-20/h7-10,13H,4-6,11-12H2,1-3H3. The molecule has 3 rings (SSSR count). The number of carbonyl (C=O) groups excluding carboxylic acids is 1. The van der Waals surface area contributed by atoms with Crippen LogP contribution in [0.15, 0.2) is 34.7 Å². The summed E-state index contributed by atoms with van der Waals surface area (Å²) in [6.45, 7) is 9.30. The zero-order valence-electron chi connectivity index (χ0n) is 17.2. The van der Waals surface area contributed by atoms with Gasteiger partial charge in [0.2, 0.25) is 0 Å². The van der Waals surface area contributed by atoms with E-state index in [1.54, 1.807) is 0 Å². The molecular formula is C20H24N4O5S. The fourth-order valence-electron chi connectivity index (χ4n) is 3.00. The molecule has 0 atom stereocenters. The Balaban J connectivity index is 1.94. The van der Waals surface area contributed by atoms with Gasteiger partial charge in [-0.15, -0.1) is 0 Å². The predicted octanol–water partition coefficient (Wildman–Crippen LogP) is 4.18. The van der Waals surface area contributed by atoms with Gasteiger partial charge < -0.3 is 14.1 Å². The quantitative estimate of drug-likeness (QED) is 0.350. The lowest BCUT2D eigenvalue weighted by atomic mass is 10.3. The van der Waals surface area contributed by atoms with Crippen molar-refractivity contribution in [2.75, 3.05) is 37.7 Å². The number of carbonyl (C=O) groups is 1. The minimum Gasteiger partial charge on any atom is -0.494 e.